The molecule has 98 valence electrons. The SMILES string of the molecule is Cc1cc(C(N)=O)ccc1OCC1CCNCC1. The molecule has 0 aliphatic carbocycles. The number of ether oxygens (including phenoxy) is 1. The maximum atomic E-state index is 11.0. The van der Waals surface area contributed by atoms with Gasteiger partial charge in [-0.05, 0) is 62.5 Å². The Labute approximate surface area is 108 Å². The molecule has 0 spiro atoms. The molecule has 1 saturated heterocycles. The molecule has 0 bridgehead atoms. The summed E-state index contributed by atoms with van der Waals surface area (Å²) in [5.41, 5.74) is 6.72. The standard InChI is InChI=1S/C14H20N2O2/c1-10-8-12(14(15)17)2-3-13(10)18-9-11-4-6-16-7-5-11/h2-3,8,11,16H,4-7,9H2,1H3,(H2,15,17). The number of nitrogens with two attached hydrogens (primary N) is 1. The molecular weight excluding hydrogens is 228 g/mol. The second kappa shape index (κ2) is 5.87. The fourth-order valence-electron chi connectivity index (χ4n) is 2.22. The van der Waals surface area contributed by atoms with Crippen molar-refractivity contribution in [1.82, 2.24) is 5.32 Å². The van der Waals surface area contributed by atoms with Crippen molar-refractivity contribution >= 4 is 5.91 Å². The zero-order valence-electron chi connectivity index (χ0n) is 10.7. The van der Waals surface area contributed by atoms with E-state index in [4.69, 9.17) is 10.5 Å². The van der Waals surface area contributed by atoms with Gasteiger partial charge in [-0.3, -0.25) is 4.79 Å². The quantitative estimate of drug-likeness (QED) is 0.848. The number of aryl methyl sites for hydroxylation is 1. The van der Waals surface area contributed by atoms with Crippen molar-refractivity contribution in [1.29, 1.82) is 0 Å². The molecule has 1 heterocycles. The van der Waals surface area contributed by atoms with E-state index in [1.165, 1.54) is 12.8 Å². The van der Waals surface area contributed by atoms with Crippen molar-refractivity contribution in [3.05, 3.63) is 29.3 Å². The predicted octanol–water partition coefficient (Wildman–Crippen LogP) is 1.47. The summed E-state index contributed by atoms with van der Waals surface area (Å²) in [5.74, 6) is 1.07. The Kier molecular flexibility index (Phi) is 4.20. The van der Waals surface area contributed by atoms with Crippen molar-refractivity contribution in [3.8, 4) is 5.75 Å². The van der Waals surface area contributed by atoms with Gasteiger partial charge in [0, 0.05) is 5.56 Å². The van der Waals surface area contributed by atoms with Crippen molar-refractivity contribution in [3.63, 3.8) is 0 Å². The molecule has 1 aliphatic heterocycles. The van der Waals surface area contributed by atoms with E-state index in [0.29, 0.717) is 11.5 Å². The van der Waals surface area contributed by atoms with Gasteiger partial charge in [0.2, 0.25) is 5.91 Å². The van der Waals surface area contributed by atoms with Gasteiger partial charge >= 0.3 is 0 Å². The van der Waals surface area contributed by atoms with E-state index in [-0.39, 0.29) is 0 Å². The van der Waals surface area contributed by atoms with Gasteiger partial charge < -0.3 is 15.8 Å². The molecule has 4 heteroatoms. The molecule has 1 aromatic carbocycles. The van der Waals surface area contributed by atoms with E-state index in [1.807, 2.05) is 13.0 Å². The van der Waals surface area contributed by atoms with E-state index in [9.17, 15) is 4.79 Å². The third-order valence-electron chi connectivity index (χ3n) is 3.39. The third kappa shape index (κ3) is 3.23. The largest absolute Gasteiger partial charge is 0.493 e. The lowest BCUT2D eigenvalue weighted by molar-refractivity contribution is 0.1000. The Morgan fingerprint density at radius 1 is 1.44 bits per heavy atom. The van der Waals surface area contributed by atoms with E-state index in [1.54, 1.807) is 12.1 Å². The van der Waals surface area contributed by atoms with Crippen LogP contribution in [0.3, 0.4) is 0 Å². The summed E-state index contributed by atoms with van der Waals surface area (Å²) in [6, 6.07) is 5.32. The highest BCUT2D eigenvalue weighted by Crippen LogP contribution is 2.21. The lowest BCUT2D eigenvalue weighted by Crippen LogP contribution is -2.30. The minimum absolute atomic E-state index is 0.400. The van der Waals surface area contributed by atoms with Gasteiger partial charge in [0.1, 0.15) is 5.75 Å². The Hall–Kier alpha value is -1.55. The van der Waals surface area contributed by atoms with Crippen molar-refractivity contribution < 1.29 is 9.53 Å². The van der Waals surface area contributed by atoms with Gasteiger partial charge in [0.15, 0.2) is 0 Å². The van der Waals surface area contributed by atoms with Crippen LogP contribution in [-0.4, -0.2) is 25.6 Å². The maximum Gasteiger partial charge on any atom is 0.248 e. The average molecular weight is 248 g/mol. The smallest absolute Gasteiger partial charge is 0.248 e. The van der Waals surface area contributed by atoms with Crippen LogP contribution in [-0.2, 0) is 0 Å². The number of carbonyl (C=O) groups excluding carboxylic acids is 1. The first-order valence-corrected chi connectivity index (χ1v) is 6.41. The second-order valence-corrected chi connectivity index (χ2v) is 4.85. The molecule has 2 rings (SSSR count). The van der Waals surface area contributed by atoms with Crippen LogP contribution < -0.4 is 15.8 Å². The first-order chi connectivity index (χ1) is 8.66. The Morgan fingerprint density at radius 2 is 2.17 bits per heavy atom. The van der Waals surface area contributed by atoms with E-state index in [0.717, 1.165) is 31.0 Å². The first-order valence-electron chi connectivity index (χ1n) is 6.41. The fraction of sp³-hybridized carbons (Fsp3) is 0.500. The maximum absolute atomic E-state index is 11.0. The fourth-order valence-corrected chi connectivity index (χ4v) is 2.22. The van der Waals surface area contributed by atoms with Crippen molar-refractivity contribution in [2.45, 2.75) is 19.8 Å². The van der Waals surface area contributed by atoms with Crippen LogP contribution >= 0.6 is 0 Å². The number of benzene rings is 1. The lowest BCUT2D eigenvalue weighted by Gasteiger charge is -2.23. The number of hydrogen-bond acceptors (Lipinski definition) is 3. The first kappa shape index (κ1) is 12.9. The lowest BCUT2D eigenvalue weighted by atomic mass is 9.99. The minimum atomic E-state index is -0.400. The molecule has 0 atom stereocenters. The summed E-state index contributed by atoms with van der Waals surface area (Å²) < 4.78 is 5.83. The zero-order valence-corrected chi connectivity index (χ0v) is 10.7. The van der Waals surface area contributed by atoms with Gasteiger partial charge in [0.05, 0.1) is 6.61 Å². The van der Waals surface area contributed by atoms with Gasteiger partial charge in [-0.15, -0.1) is 0 Å². The molecule has 4 nitrogen and oxygen atoms in total. The van der Waals surface area contributed by atoms with Crippen molar-refractivity contribution in [2.75, 3.05) is 19.7 Å². The van der Waals surface area contributed by atoms with E-state index in [2.05, 4.69) is 5.32 Å². The summed E-state index contributed by atoms with van der Waals surface area (Å²) in [6.45, 7) is 4.84. The molecule has 0 unspecified atom stereocenters. The van der Waals surface area contributed by atoms with Crippen LogP contribution in [0.5, 0.6) is 5.75 Å². The minimum Gasteiger partial charge on any atom is -0.493 e. The van der Waals surface area contributed by atoms with Gasteiger partial charge in [-0.25, -0.2) is 0 Å². The number of piperidine rings is 1. The molecule has 1 fully saturated rings. The number of hydrogen-bond donors (Lipinski definition) is 2. The van der Waals surface area contributed by atoms with E-state index >= 15 is 0 Å². The number of primary amides is 1. The molecule has 0 radical (unpaired) electrons. The molecular formula is C14H20N2O2. The molecule has 1 aliphatic rings. The number of carbonyl (C=O) groups is 1. The molecule has 1 amide bonds. The highest BCUT2D eigenvalue weighted by Gasteiger charge is 2.14. The van der Waals surface area contributed by atoms with Crippen LogP contribution in [0.1, 0.15) is 28.8 Å². The number of rotatable bonds is 4. The Balaban J connectivity index is 1.94. The molecule has 3 N–H and O–H groups in total. The molecule has 1 aromatic rings. The van der Waals surface area contributed by atoms with Crippen LogP contribution in [0, 0.1) is 12.8 Å². The highest BCUT2D eigenvalue weighted by molar-refractivity contribution is 5.93. The van der Waals surface area contributed by atoms with Gasteiger partial charge in [-0.1, -0.05) is 0 Å². The van der Waals surface area contributed by atoms with E-state index < -0.39 is 5.91 Å². The van der Waals surface area contributed by atoms with Gasteiger partial charge in [0.25, 0.3) is 0 Å². The summed E-state index contributed by atoms with van der Waals surface area (Å²) in [5, 5.41) is 3.34. The normalized spacial score (nSPS) is 16.5. The summed E-state index contributed by atoms with van der Waals surface area (Å²) in [6.07, 6.45) is 2.33. The Morgan fingerprint density at radius 3 is 2.78 bits per heavy atom. The van der Waals surface area contributed by atoms with Crippen LogP contribution in [0.15, 0.2) is 18.2 Å². The second-order valence-electron chi connectivity index (χ2n) is 4.85. The van der Waals surface area contributed by atoms with Crippen LogP contribution in [0.2, 0.25) is 0 Å². The monoisotopic (exact) mass is 248 g/mol. The molecule has 0 saturated carbocycles. The predicted molar refractivity (Wildman–Crippen MR) is 70.8 cm³/mol. The summed E-state index contributed by atoms with van der Waals surface area (Å²) >= 11 is 0. The molecule has 0 aromatic heterocycles. The van der Waals surface area contributed by atoms with Crippen LogP contribution in [0.4, 0.5) is 0 Å². The average Bonchev–Trinajstić information content (AvgIpc) is 2.38. The van der Waals surface area contributed by atoms with Crippen molar-refractivity contribution in [2.24, 2.45) is 11.7 Å². The third-order valence-corrected chi connectivity index (χ3v) is 3.39. The topological polar surface area (TPSA) is 64.4 Å². The molecule has 18 heavy (non-hydrogen) atoms. The Bertz CT molecular complexity index is 426. The van der Waals surface area contributed by atoms with Gasteiger partial charge in [-0.2, -0.15) is 0 Å². The summed E-state index contributed by atoms with van der Waals surface area (Å²) in [4.78, 5) is 11.0. The summed E-state index contributed by atoms with van der Waals surface area (Å²) in [7, 11) is 0. The number of nitrogens with one attached hydrogen (secondary N) is 1. The zero-order chi connectivity index (χ0) is 13.0. The number of amides is 1. The highest BCUT2D eigenvalue weighted by atomic mass is 16.5. The van der Waals surface area contributed by atoms with Crippen LogP contribution in [0.25, 0.3) is 0 Å².